The first-order valence-electron chi connectivity index (χ1n) is 5.71. The van der Waals surface area contributed by atoms with Gasteiger partial charge in [-0.05, 0) is 36.4 Å². The van der Waals surface area contributed by atoms with Crippen LogP contribution in [-0.2, 0) is 0 Å². The Morgan fingerprint density at radius 1 is 1.30 bits per heavy atom. The van der Waals surface area contributed by atoms with E-state index in [1.165, 1.54) is 31.4 Å². The van der Waals surface area contributed by atoms with Crippen molar-refractivity contribution in [3.8, 4) is 5.75 Å². The molecule has 6 heteroatoms. The molecule has 1 amide bonds. The van der Waals surface area contributed by atoms with Crippen LogP contribution in [0.15, 0.2) is 36.4 Å². The van der Waals surface area contributed by atoms with E-state index in [-0.39, 0.29) is 16.9 Å². The molecule has 0 aliphatic heterocycles. The minimum absolute atomic E-state index is 0.00952. The number of hydrogen-bond acceptors (Lipinski definition) is 3. The summed E-state index contributed by atoms with van der Waals surface area (Å²) in [5, 5.41) is 2.75. The number of carbonyl (C=O) groups excluding carboxylic acids is 1. The Balaban J connectivity index is 2.30. The summed E-state index contributed by atoms with van der Waals surface area (Å²) >= 11 is 5.76. The van der Waals surface area contributed by atoms with E-state index in [1.54, 1.807) is 12.1 Å². The van der Waals surface area contributed by atoms with Gasteiger partial charge in [0.1, 0.15) is 11.6 Å². The fourth-order valence-corrected chi connectivity index (χ4v) is 1.81. The van der Waals surface area contributed by atoms with Crippen LogP contribution in [0, 0.1) is 5.82 Å². The van der Waals surface area contributed by atoms with Crippen molar-refractivity contribution in [1.82, 2.24) is 0 Å². The van der Waals surface area contributed by atoms with E-state index in [1.807, 2.05) is 0 Å². The molecule has 0 aromatic heterocycles. The van der Waals surface area contributed by atoms with Gasteiger partial charge in [0.05, 0.1) is 18.4 Å². The van der Waals surface area contributed by atoms with E-state index >= 15 is 0 Å². The molecule has 0 radical (unpaired) electrons. The Labute approximate surface area is 120 Å². The fraction of sp³-hybridized carbons (Fsp3) is 0.0714. The highest BCUT2D eigenvalue weighted by atomic mass is 35.5. The van der Waals surface area contributed by atoms with Gasteiger partial charge in [0.2, 0.25) is 0 Å². The molecular weight excluding hydrogens is 283 g/mol. The topological polar surface area (TPSA) is 64.3 Å². The first kappa shape index (κ1) is 14.1. The lowest BCUT2D eigenvalue weighted by molar-refractivity contribution is 0.102. The van der Waals surface area contributed by atoms with E-state index in [0.717, 1.165) is 0 Å². The van der Waals surface area contributed by atoms with Gasteiger partial charge < -0.3 is 15.8 Å². The number of rotatable bonds is 3. The van der Waals surface area contributed by atoms with Crippen molar-refractivity contribution in [3.63, 3.8) is 0 Å². The predicted molar refractivity (Wildman–Crippen MR) is 76.8 cm³/mol. The quantitative estimate of drug-likeness (QED) is 0.854. The number of nitrogens with two attached hydrogens (primary N) is 1. The minimum Gasteiger partial charge on any atom is -0.497 e. The molecule has 0 atom stereocenters. The summed E-state index contributed by atoms with van der Waals surface area (Å²) in [6, 6.07) is 8.55. The largest absolute Gasteiger partial charge is 0.497 e. The Morgan fingerprint density at radius 3 is 2.75 bits per heavy atom. The molecule has 3 N–H and O–H groups in total. The van der Waals surface area contributed by atoms with Crippen LogP contribution in [-0.4, -0.2) is 13.0 Å². The standard InChI is InChI=1S/C14H12ClFN2O2/c1-20-9-3-5-12(17)10(7-9)14(19)18-13-6-8(15)2-4-11(13)16/h2-7H,17H2,1H3,(H,18,19). The SMILES string of the molecule is COc1ccc(N)c(C(=O)Nc2cc(Cl)ccc2F)c1. The van der Waals surface area contributed by atoms with E-state index in [9.17, 15) is 9.18 Å². The Hall–Kier alpha value is -2.27. The van der Waals surface area contributed by atoms with E-state index < -0.39 is 11.7 Å². The average Bonchev–Trinajstić information content (AvgIpc) is 2.43. The van der Waals surface area contributed by atoms with E-state index in [4.69, 9.17) is 22.1 Å². The van der Waals surface area contributed by atoms with Crippen molar-refractivity contribution >= 4 is 28.9 Å². The van der Waals surface area contributed by atoms with Crippen molar-refractivity contribution < 1.29 is 13.9 Å². The van der Waals surface area contributed by atoms with Crippen molar-refractivity contribution in [2.75, 3.05) is 18.2 Å². The molecular formula is C14H12ClFN2O2. The number of methoxy groups -OCH3 is 1. The van der Waals surface area contributed by atoms with Crippen LogP contribution in [0.4, 0.5) is 15.8 Å². The van der Waals surface area contributed by atoms with Gasteiger partial charge in [-0.2, -0.15) is 0 Å². The van der Waals surface area contributed by atoms with Gasteiger partial charge in [-0.15, -0.1) is 0 Å². The summed E-state index contributed by atoms with van der Waals surface area (Å²) in [6.07, 6.45) is 0. The van der Waals surface area contributed by atoms with Gasteiger partial charge in [0, 0.05) is 10.7 Å². The number of hydrogen-bond donors (Lipinski definition) is 2. The second kappa shape index (κ2) is 5.79. The van der Waals surface area contributed by atoms with Gasteiger partial charge in [0.25, 0.3) is 5.91 Å². The second-order valence-electron chi connectivity index (χ2n) is 4.03. The molecule has 0 spiro atoms. The molecule has 0 unspecified atom stereocenters. The molecule has 0 fully saturated rings. The van der Waals surface area contributed by atoms with Gasteiger partial charge in [-0.25, -0.2) is 4.39 Å². The lowest BCUT2D eigenvalue weighted by atomic mass is 10.1. The summed E-state index contributed by atoms with van der Waals surface area (Å²) in [6.45, 7) is 0. The van der Waals surface area contributed by atoms with Gasteiger partial charge in [-0.3, -0.25) is 4.79 Å². The van der Waals surface area contributed by atoms with Gasteiger partial charge >= 0.3 is 0 Å². The molecule has 2 aromatic rings. The zero-order chi connectivity index (χ0) is 14.7. The molecule has 4 nitrogen and oxygen atoms in total. The maximum atomic E-state index is 13.6. The van der Waals surface area contributed by atoms with E-state index in [0.29, 0.717) is 10.8 Å². The number of ether oxygens (including phenoxy) is 1. The summed E-state index contributed by atoms with van der Waals surface area (Å²) in [5.41, 5.74) is 6.19. The van der Waals surface area contributed by atoms with Gasteiger partial charge in [0.15, 0.2) is 0 Å². The number of halogens is 2. The smallest absolute Gasteiger partial charge is 0.257 e. The van der Waals surface area contributed by atoms with Crippen molar-refractivity contribution in [2.45, 2.75) is 0 Å². The fourth-order valence-electron chi connectivity index (χ4n) is 1.64. The van der Waals surface area contributed by atoms with Crippen LogP contribution in [0.25, 0.3) is 0 Å². The number of amides is 1. The third-order valence-electron chi connectivity index (χ3n) is 2.68. The highest BCUT2D eigenvalue weighted by Gasteiger charge is 2.13. The molecule has 0 saturated carbocycles. The van der Waals surface area contributed by atoms with Crippen LogP contribution in [0.3, 0.4) is 0 Å². The molecule has 20 heavy (non-hydrogen) atoms. The maximum Gasteiger partial charge on any atom is 0.257 e. The van der Waals surface area contributed by atoms with Crippen molar-refractivity contribution in [3.05, 3.63) is 52.8 Å². The van der Waals surface area contributed by atoms with Crippen LogP contribution < -0.4 is 15.8 Å². The first-order valence-corrected chi connectivity index (χ1v) is 6.09. The predicted octanol–water partition coefficient (Wildman–Crippen LogP) is 3.32. The Kier molecular flexibility index (Phi) is 4.10. The number of carbonyl (C=O) groups is 1. The summed E-state index contributed by atoms with van der Waals surface area (Å²) in [4.78, 5) is 12.1. The monoisotopic (exact) mass is 294 g/mol. The maximum absolute atomic E-state index is 13.6. The zero-order valence-corrected chi connectivity index (χ0v) is 11.4. The number of benzene rings is 2. The van der Waals surface area contributed by atoms with Crippen LogP contribution in [0.2, 0.25) is 5.02 Å². The molecule has 0 aliphatic carbocycles. The molecule has 0 saturated heterocycles. The molecule has 0 bridgehead atoms. The first-order chi connectivity index (χ1) is 9.51. The Bertz CT molecular complexity index is 662. The third-order valence-corrected chi connectivity index (χ3v) is 2.92. The second-order valence-corrected chi connectivity index (χ2v) is 4.47. The number of anilines is 2. The Morgan fingerprint density at radius 2 is 2.05 bits per heavy atom. The van der Waals surface area contributed by atoms with Gasteiger partial charge in [-0.1, -0.05) is 11.6 Å². The highest BCUT2D eigenvalue weighted by molar-refractivity contribution is 6.31. The molecule has 2 aromatic carbocycles. The zero-order valence-electron chi connectivity index (χ0n) is 10.6. The summed E-state index contributed by atoms with van der Waals surface area (Å²) in [5.74, 6) is -0.636. The lowest BCUT2D eigenvalue weighted by Crippen LogP contribution is -2.15. The lowest BCUT2D eigenvalue weighted by Gasteiger charge is -2.10. The summed E-state index contributed by atoms with van der Waals surface area (Å²) in [7, 11) is 1.48. The van der Waals surface area contributed by atoms with Crippen molar-refractivity contribution in [2.24, 2.45) is 0 Å². The van der Waals surface area contributed by atoms with E-state index in [2.05, 4.69) is 5.32 Å². The van der Waals surface area contributed by atoms with Crippen LogP contribution >= 0.6 is 11.6 Å². The number of nitrogen functional groups attached to an aromatic ring is 1. The van der Waals surface area contributed by atoms with Crippen LogP contribution in [0.1, 0.15) is 10.4 Å². The molecule has 0 aliphatic rings. The minimum atomic E-state index is -0.579. The average molecular weight is 295 g/mol. The molecule has 104 valence electrons. The number of nitrogens with one attached hydrogen (secondary N) is 1. The normalized spacial score (nSPS) is 10.2. The summed E-state index contributed by atoms with van der Waals surface area (Å²) < 4.78 is 18.6. The third kappa shape index (κ3) is 3.00. The van der Waals surface area contributed by atoms with Crippen LogP contribution in [0.5, 0.6) is 5.75 Å². The molecule has 0 heterocycles. The molecule has 2 rings (SSSR count). The highest BCUT2D eigenvalue weighted by Crippen LogP contribution is 2.23. The van der Waals surface area contributed by atoms with Crippen molar-refractivity contribution in [1.29, 1.82) is 0 Å².